The van der Waals surface area contributed by atoms with E-state index < -0.39 is 0 Å². The minimum absolute atomic E-state index is 0.142. The van der Waals surface area contributed by atoms with E-state index in [1.165, 1.54) is 0 Å². The normalized spacial score (nSPS) is 16.9. The first-order valence-corrected chi connectivity index (χ1v) is 6.89. The lowest BCUT2D eigenvalue weighted by atomic mass is 9.98. The Morgan fingerprint density at radius 1 is 1.20 bits per heavy atom. The molecule has 1 heterocycles. The van der Waals surface area contributed by atoms with Gasteiger partial charge < -0.3 is 5.32 Å². The van der Waals surface area contributed by atoms with Crippen LogP contribution in [0.1, 0.15) is 29.8 Å². The van der Waals surface area contributed by atoms with Crippen LogP contribution in [0, 0.1) is 0 Å². The van der Waals surface area contributed by atoms with Crippen LogP contribution in [0.5, 0.6) is 0 Å². The van der Waals surface area contributed by atoms with Crippen LogP contribution in [0.25, 0.3) is 6.08 Å². The number of aliphatic imine (C=N–C) groups is 1. The Hall–Kier alpha value is -2.06. The SMILES string of the molecule is C=Cc1cccc2c1C(C)=NC(c1ccccc1Cl)N2. The molecule has 2 aromatic rings. The molecule has 0 aromatic heterocycles. The molecular formula is C17H15ClN2. The predicted molar refractivity (Wildman–Crippen MR) is 86.6 cm³/mol. The van der Waals surface area contributed by atoms with E-state index in [0.29, 0.717) is 0 Å². The summed E-state index contributed by atoms with van der Waals surface area (Å²) in [5.74, 6) is 0. The van der Waals surface area contributed by atoms with Crippen LogP contribution in [0.15, 0.2) is 54.0 Å². The zero-order valence-electron chi connectivity index (χ0n) is 11.2. The maximum Gasteiger partial charge on any atom is 0.146 e. The Morgan fingerprint density at radius 3 is 2.75 bits per heavy atom. The van der Waals surface area contributed by atoms with Gasteiger partial charge in [0.05, 0.1) is 0 Å². The number of fused-ring (bicyclic) bond motifs is 1. The molecule has 1 N–H and O–H groups in total. The summed E-state index contributed by atoms with van der Waals surface area (Å²) in [4.78, 5) is 4.74. The van der Waals surface area contributed by atoms with E-state index in [0.717, 1.165) is 33.1 Å². The molecule has 0 amide bonds. The fourth-order valence-electron chi connectivity index (χ4n) is 2.55. The van der Waals surface area contributed by atoms with Crippen molar-refractivity contribution in [2.24, 2.45) is 4.99 Å². The Kier molecular flexibility index (Phi) is 3.33. The summed E-state index contributed by atoms with van der Waals surface area (Å²) in [6, 6.07) is 13.9. The number of hydrogen-bond donors (Lipinski definition) is 1. The van der Waals surface area contributed by atoms with Crippen molar-refractivity contribution >= 4 is 29.1 Å². The number of nitrogens with one attached hydrogen (secondary N) is 1. The van der Waals surface area contributed by atoms with Gasteiger partial charge in [-0.2, -0.15) is 0 Å². The van der Waals surface area contributed by atoms with E-state index in [1.54, 1.807) is 0 Å². The molecule has 3 heteroatoms. The highest BCUT2D eigenvalue weighted by molar-refractivity contribution is 6.31. The zero-order chi connectivity index (χ0) is 14.1. The minimum atomic E-state index is -0.142. The maximum absolute atomic E-state index is 6.27. The molecule has 1 atom stereocenters. The van der Waals surface area contributed by atoms with Gasteiger partial charge in [0, 0.05) is 27.5 Å². The van der Waals surface area contributed by atoms with Gasteiger partial charge in [0.25, 0.3) is 0 Å². The van der Waals surface area contributed by atoms with E-state index in [1.807, 2.05) is 49.4 Å². The molecular weight excluding hydrogens is 268 g/mol. The molecule has 0 spiro atoms. The van der Waals surface area contributed by atoms with Crippen LogP contribution in [-0.2, 0) is 0 Å². The summed E-state index contributed by atoms with van der Waals surface area (Å²) in [5.41, 5.74) is 5.27. The monoisotopic (exact) mass is 282 g/mol. The van der Waals surface area contributed by atoms with Crippen molar-refractivity contribution < 1.29 is 0 Å². The van der Waals surface area contributed by atoms with Crippen molar-refractivity contribution in [3.8, 4) is 0 Å². The summed E-state index contributed by atoms with van der Waals surface area (Å²) in [6.45, 7) is 5.89. The molecule has 0 fully saturated rings. The molecule has 0 bridgehead atoms. The smallest absolute Gasteiger partial charge is 0.146 e. The number of hydrogen-bond acceptors (Lipinski definition) is 2. The number of anilines is 1. The lowest BCUT2D eigenvalue weighted by Gasteiger charge is -2.26. The first-order valence-electron chi connectivity index (χ1n) is 6.52. The van der Waals surface area contributed by atoms with E-state index in [-0.39, 0.29) is 6.17 Å². The number of halogens is 1. The van der Waals surface area contributed by atoms with Crippen molar-refractivity contribution in [1.82, 2.24) is 0 Å². The van der Waals surface area contributed by atoms with Crippen LogP contribution in [0.2, 0.25) is 5.02 Å². The van der Waals surface area contributed by atoms with Crippen LogP contribution >= 0.6 is 11.6 Å². The van der Waals surface area contributed by atoms with Crippen molar-refractivity contribution in [2.75, 3.05) is 5.32 Å². The molecule has 1 unspecified atom stereocenters. The van der Waals surface area contributed by atoms with Gasteiger partial charge in [-0.1, -0.05) is 54.6 Å². The van der Waals surface area contributed by atoms with Gasteiger partial charge in [0.1, 0.15) is 6.17 Å². The second-order valence-electron chi connectivity index (χ2n) is 4.76. The second-order valence-corrected chi connectivity index (χ2v) is 5.16. The fraction of sp³-hybridized carbons (Fsp3) is 0.118. The average Bonchev–Trinajstić information content (AvgIpc) is 2.46. The standard InChI is InChI=1S/C17H15ClN2/c1-3-12-7-6-10-15-16(12)11(2)19-17(20-15)13-8-4-5-9-14(13)18/h3-10,17,20H,1H2,2H3. The Bertz CT molecular complexity index is 704. The summed E-state index contributed by atoms with van der Waals surface area (Å²) >= 11 is 6.27. The molecule has 2 nitrogen and oxygen atoms in total. The van der Waals surface area contributed by atoms with Gasteiger partial charge in [-0.25, -0.2) is 0 Å². The van der Waals surface area contributed by atoms with Gasteiger partial charge in [-0.15, -0.1) is 0 Å². The molecule has 0 saturated heterocycles. The lowest BCUT2D eigenvalue weighted by molar-refractivity contribution is 0.826. The first-order chi connectivity index (χ1) is 9.70. The minimum Gasteiger partial charge on any atom is -0.359 e. The molecule has 1 aliphatic heterocycles. The van der Waals surface area contributed by atoms with Crippen LogP contribution in [0.3, 0.4) is 0 Å². The average molecular weight is 283 g/mol. The summed E-state index contributed by atoms with van der Waals surface area (Å²) in [7, 11) is 0. The molecule has 100 valence electrons. The second kappa shape index (κ2) is 5.14. The summed E-state index contributed by atoms with van der Waals surface area (Å²) in [5, 5.41) is 4.17. The largest absolute Gasteiger partial charge is 0.359 e. The van der Waals surface area contributed by atoms with Gasteiger partial charge in [0.15, 0.2) is 0 Å². The number of benzene rings is 2. The summed E-state index contributed by atoms with van der Waals surface area (Å²) < 4.78 is 0. The lowest BCUT2D eigenvalue weighted by Crippen LogP contribution is -2.19. The van der Waals surface area contributed by atoms with Crippen molar-refractivity contribution in [3.63, 3.8) is 0 Å². The molecule has 2 aromatic carbocycles. The van der Waals surface area contributed by atoms with Crippen LogP contribution in [0.4, 0.5) is 5.69 Å². The predicted octanol–water partition coefficient (Wildman–Crippen LogP) is 4.92. The fourth-order valence-corrected chi connectivity index (χ4v) is 2.79. The molecule has 20 heavy (non-hydrogen) atoms. The number of rotatable bonds is 2. The third-order valence-electron chi connectivity index (χ3n) is 3.49. The van der Waals surface area contributed by atoms with E-state index >= 15 is 0 Å². The Labute approximate surface area is 123 Å². The highest BCUT2D eigenvalue weighted by Crippen LogP contribution is 2.34. The highest BCUT2D eigenvalue weighted by Gasteiger charge is 2.21. The van der Waals surface area contributed by atoms with Crippen molar-refractivity contribution in [3.05, 3.63) is 70.8 Å². The molecule has 3 rings (SSSR count). The van der Waals surface area contributed by atoms with Crippen molar-refractivity contribution in [2.45, 2.75) is 13.1 Å². The quantitative estimate of drug-likeness (QED) is 0.831. The van der Waals surface area contributed by atoms with E-state index in [9.17, 15) is 0 Å². The molecule has 0 saturated carbocycles. The number of nitrogens with zero attached hydrogens (tertiary/aromatic N) is 1. The molecule has 1 aliphatic rings. The van der Waals surface area contributed by atoms with E-state index in [4.69, 9.17) is 16.6 Å². The van der Waals surface area contributed by atoms with Crippen LogP contribution < -0.4 is 5.32 Å². The topological polar surface area (TPSA) is 24.4 Å². The zero-order valence-corrected chi connectivity index (χ0v) is 12.0. The molecule has 0 aliphatic carbocycles. The van der Waals surface area contributed by atoms with Gasteiger partial charge >= 0.3 is 0 Å². The molecule has 0 radical (unpaired) electrons. The van der Waals surface area contributed by atoms with Crippen LogP contribution in [-0.4, -0.2) is 5.71 Å². The Morgan fingerprint density at radius 2 is 2.00 bits per heavy atom. The van der Waals surface area contributed by atoms with E-state index in [2.05, 4.69) is 18.0 Å². The van der Waals surface area contributed by atoms with Gasteiger partial charge in [0.2, 0.25) is 0 Å². The van der Waals surface area contributed by atoms with Gasteiger partial charge in [-0.05, 0) is 24.6 Å². The van der Waals surface area contributed by atoms with Gasteiger partial charge in [-0.3, -0.25) is 4.99 Å². The third kappa shape index (κ3) is 2.12. The highest BCUT2D eigenvalue weighted by atomic mass is 35.5. The van der Waals surface area contributed by atoms with Crippen molar-refractivity contribution in [1.29, 1.82) is 0 Å². The third-order valence-corrected chi connectivity index (χ3v) is 3.84. The summed E-state index contributed by atoms with van der Waals surface area (Å²) in [6.07, 6.45) is 1.71. The first kappa shape index (κ1) is 12.9. The maximum atomic E-state index is 6.27. The Balaban J connectivity index is 2.09.